The van der Waals surface area contributed by atoms with Crippen molar-refractivity contribution in [2.75, 3.05) is 31.1 Å². The van der Waals surface area contributed by atoms with Crippen molar-refractivity contribution in [3.63, 3.8) is 0 Å². The van der Waals surface area contributed by atoms with E-state index in [2.05, 4.69) is 14.9 Å². The Morgan fingerprint density at radius 1 is 1.08 bits per heavy atom. The Hall–Kier alpha value is -1.44. The zero-order valence-electron chi connectivity index (χ0n) is 13.2. The molecule has 0 atom stereocenters. The molecule has 1 aromatic heterocycles. The van der Waals surface area contributed by atoms with Crippen LogP contribution in [-0.2, 0) is 10.0 Å². The van der Waals surface area contributed by atoms with E-state index in [1.54, 1.807) is 22.6 Å². The van der Waals surface area contributed by atoms with Gasteiger partial charge in [0.15, 0.2) is 0 Å². The highest BCUT2D eigenvalue weighted by Gasteiger charge is 2.40. The number of sulfonamides is 1. The molecule has 2 aliphatic rings. The van der Waals surface area contributed by atoms with Crippen LogP contribution in [0.4, 0.5) is 5.82 Å². The molecule has 0 spiro atoms. The molecular weight excluding hydrogens is 348 g/mol. The topological polar surface area (TPSA) is 66.4 Å². The maximum Gasteiger partial charge on any atom is 0.217 e. The Bertz CT molecular complexity index is 870. The largest absolute Gasteiger partial charge is 0.354 e. The van der Waals surface area contributed by atoms with E-state index in [1.165, 1.54) is 0 Å². The molecule has 0 N–H and O–H groups in total. The molecule has 1 aromatic carbocycles. The van der Waals surface area contributed by atoms with Gasteiger partial charge in [0.25, 0.3) is 0 Å². The Morgan fingerprint density at radius 3 is 2.71 bits per heavy atom. The van der Waals surface area contributed by atoms with Crippen molar-refractivity contribution in [3.8, 4) is 0 Å². The Morgan fingerprint density at radius 2 is 1.92 bits per heavy atom. The Balaban J connectivity index is 1.53. The van der Waals surface area contributed by atoms with Gasteiger partial charge in [-0.3, -0.25) is 4.98 Å². The second kappa shape index (κ2) is 6.13. The fourth-order valence-corrected chi connectivity index (χ4v) is 5.12. The highest BCUT2D eigenvalue weighted by atomic mass is 35.5. The molecule has 24 heavy (non-hydrogen) atoms. The molecule has 4 rings (SSSR count). The van der Waals surface area contributed by atoms with Crippen LogP contribution < -0.4 is 4.90 Å². The van der Waals surface area contributed by atoms with Gasteiger partial charge in [-0.2, -0.15) is 4.31 Å². The van der Waals surface area contributed by atoms with E-state index < -0.39 is 10.0 Å². The second-order valence-electron chi connectivity index (χ2n) is 6.35. The number of benzene rings is 1. The van der Waals surface area contributed by atoms with Crippen LogP contribution in [0.15, 0.2) is 24.4 Å². The van der Waals surface area contributed by atoms with E-state index in [4.69, 9.17) is 11.6 Å². The third kappa shape index (κ3) is 3.08. The van der Waals surface area contributed by atoms with Crippen LogP contribution in [0.25, 0.3) is 11.0 Å². The predicted molar refractivity (Wildman–Crippen MR) is 94.9 cm³/mol. The van der Waals surface area contributed by atoms with E-state index in [0.717, 1.165) is 42.7 Å². The quantitative estimate of drug-likeness (QED) is 0.833. The summed E-state index contributed by atoms with van der Waals surface area (Å²) in [5.74, 6) is 0.787. The molecule has 1 aliphatic carbocycles. The van der Waals surface area contributed by atoms with Gasteiger partial charge in [-0.25, -0.2) is 13.4 Å². The van der Waals surface area contributed by atoms with Crippen LogP contribution >= 0.6 is 11.6 Å². The summed E-state index contributed by atoms with van der Waals surface area (Å²) < 4.78 is 26.5. The molecule has 1 aliphatic heterocycles. The molecule has 0 amide bonds. The van der Waals surface area contributed by atoms with Gasteiger partial charge < -0.3 is 4.90 Å². The van der Waals surface area contributed by atoms with Gasteiger partial charge in [-0.15, -0.1) is 0 Å². The molecule has 2 fully saturated rings. The molecule has 1 saturated heterocycles. The molecule has 2 heterocycles. The fraction of sp³-hybridized carbons (Fsp3) is 0.500. The number of fused-ring (bicyclic) bond motifs is 1. The maximum absolute atomic E-state index is 12.4. The van der Waals surface area contributed by atoms with Crippen LogP contribution in [0.1, 0.15) is 19.3 Å². The summed E-state index contributed by atoms with van der Waals surface area (Å²) in [6.07, 6.45) is 4.15. The summed E-state index contributed by atoms with van der Waals surface area (Å²) in [4.78, 5) is 11.2. The first kappa shape index (κ1) is 16.1. The standard InChI is InChI=1S/C16H19ClN4O2S/c17-12-2-5-14-15(10-12)18-11-16(19-14)20-6-1-7-21(9-8-20)24(22,23)13-3-4-13/h2,5,10-11,13H,1,3-4,6-9H2. The number of anilines is 1. The van der Waals surface area contributed by atoms with E-state index >= 15 is 0 Å². The summed E-state index contributed by atoms with van der Waals surface area (Å²) in [6.45, 7) is 2.52. The van der Waals surface area contributed by atoms with Gasteiger partial charge in [0.1, 0.15) is 5.82 Å². The molecule has 0 bridgehead atoms. The Kier molecular flexibility index (Phi) is 4.10. The molecule has 0 unspecified atom stereocenters. The van der Waals surface area contributed by atoms with Crippen LogP contribution in [0.2, 0.25) is 5.02 Å². The number of rotatable bonds is 3. The number of hydrogen-bond donors (Lipinski definition) is 0. The van der Waals surface area contributed by atoms with Crippen LogP contribution in [0.5, 0.6) is 0 Å². The van der Waals surface area contributed by atoms with Gasteiger partial charge >= 0.3 is 0 Å². The van der Waals surface area contributed by atoms with E-state index in [-0.39, 0.29) is 5.25 Å². The summed E-state index contributed by atoms with van der Waals surface area (Å²) in [5, 5.41) is 0.495. The average Bonchev–Trinajstić information content (AvgIpc) is 3.41. The first-order chi connectivity index (χ1) is 11.5. The lowest BCUT2D eigenvalue weighted by atomic mass is 10.3. The van der Waals surface area contributed by atoms with Gasteiger partial charge in [-0.05, 0) is 37.5 Å². The summed E-state index contributed by atoms with van der Waals surface area (Å²) in [5.41, 5.74) is 1.56. The third-order valence-corrected chi connectivity index (χ3v) is 7.21. The minimum absolute atomic E-state index is 0.144. The highest BCUT2D eigenvalue weighted by molar-refractivity contribution is 7.90. The fourth-order valence-electron chi connectivity index (χ4n) is 3.08. The number of nitrogens with zero attached hydrogens (tertiary/aromatic N) is 4. The lowest BCUT2D eigenvalue weighted by Gasteiger charge is -2.22. The van der Waals surface area contributed by atoms with Crippen molar-refractivity contribution < 1.29 is 8.42 Å². The number of halogens is 1. The molecule has 0 radical (unpaired) electrons. The van der Waals surface area contributed by atoms with Crippen molar-refractivity contribution in [1.29, 1.82) is 0 Å². The maximum atomic E-state index is 12.4. The first-order valence-electron chi connectivity index (χ1n) is 8.20. The third-order valence-electron chi connectivity index (χ3n) is 4.58. The van der Waals surface area contributed by atoms with E-state index in [0.29, 0.717) is 24.7 Å². The number of aromatic nitrogens is 2. The van der Waals surface area contributed by atoms with Crippen LogP contribution in [-0.4, -0.2) is 54.1 Å². The molecule has 1 saturated carbocycles. The smallest absolute Gasteiger partial charge is 0.217 e. The molecule has 2 aromatic rings. The van der Waals surface area contributed by atoms with E-state index in [9.17, 15) is 8.42 Å². The zero-order chi connectivity index (χ0) is 16.7. The van der Waals surface area contributed by atoms with Crippen LogP contribution in [0.3, 0.4) is 0 Å². The predicted octanol–water partition coefficient (Wildman–Crippen LogP) is 2.29. The number of hydrogen-bond acceptors (Lipinski definition) is 5. The van der Waals surface area contributed by atoms with Crippen molar-refractivity contribution in [1.82, 2.24) is 14.3 Å². The van der Waals surface area contributed by atoms with Crippen molar-refractivity contribution in [3.05, 3.63) is 29.4 Å². The normalized spacial score (nSPS) is 20.3. The molecule has 6 nitrogen and oxygen atoms in total. The Labute approximate surface area is 146 Å². The molecule has 128 valence electrons. The van der Waals surface area contributed by atoms with Crippen molar-refractivity contribution in [2.24, 2.45) is 0 Å². The highest BCUT2D eigenvalue weighted by Crippen LogP contribution is 2.31. The monoisotopic (exact) mass is 366 g/mol. The SMILES string of the molecule is O=S(=O)(C1CC1)N1CCCN(c2cnc3cc(Cl)ccc3n2)CC1. The second-order valence-corrected chi connectivity index (χ2v) is 8.99. The molecular formula is C16H19ClN4O2S. The van der Waals surface area contributed by atoms with Crippen molar-refractivity contribution >= 4 is 38.5 Å². The average molecular weight is 367 g/mol. The minimum Gasteiger partial charge on any atom is -0.354 e. The summed E-state index contributed by atoms with van der Waals surface area (Å²) in [7, 11) is -3.10. The first-order valence-corrected chi connectivity index (χ1v) is 10.1. The van der Waals surface area contributed by atoms with Gasteiger partial charge in [0, 0.05) is 31.2 Å². The van der Waals surface area contributed by atoms with Crippen LogP contribution in [0, 0.1) is 0 Å². The van der Waals surface area contributed by atoms with Crippen molar-refractivity contribution in [2.45, 2.75) is 24.5 Å². The lowest BCUT2D eigenvalue weighted by molar-refractivity contribution is 0.432. The van der Waals surface area contributed by atoms with E-state index in [1.807, 2.05) is 6.07 Å². The summed E-state index contributed by atoms with van der Waals surface area (Å²) >= 11 is 5.98. The van der Waals surface area contributed by atoms with Gasteiger partial charge in [0.2, 0.25) is 10.0 Å². The lowest BCUT2D eigenvalue weighted by Crippen LogP contribution is -2.37. The summed E-state index contributed by atoms with van der Waals surface area (Å²) in [6, 6.07) is 5.45. The van der Waals surface area contributed by atoms with Gasteiger partial charge in [0.05, 0.1) is 22.5 Å². The van der Waals surface area contributed by atoms with Gasteiger partial charge in [-0.1, -0.05) is 11.6 Å². The minimum atomic E-state index is -3.10. The zero-order valence-corrected chi connectivity index (χ0v) is 14.8. The molecule has 8 heteroatoms.